The first-order chi connectivity index (χ1) is 8.85. The Balaban J connectivity index is 2.34. The average Bonchev–Trinajstić information content (AvgIpc) is 2.83. The molecule has 3 atom stereocenters. The summed E-state index contributed by atoms with van der Waals surface area (Å²) < 4.78 is 9.98. The molecule has 0 aromatic carbocycles. The highest BCUT2D eigenvalue weighted by atomic mass is 16.5. The van der Waals surface area contributed by atoms with Gasteiger partial charge >= 0.3 is 5.97 Å². The molecule has 19 heavy (non-hydrogen) atoms. The molecule has 1 fully saturated rings. The van der Waals surface area contributed by atoms with Crippen LogP contribution in [0.5, 0.6) is 0 Å². The van der Waals surface area contributed by atoms with Crippen molar-refractivity contribution in [2.75, 3.05) is 20.3 Å². The standard InChI is InChI=1S/C12H21NO6/c1-12(17,5-6-18-2)7-13-10(14)8-3-4-9(19-8)11(15)16/h8-9,17H,3-7H2,1-2H3,(H,13,14)(H,15,16)/t8-,9+,12?/m0/s1. The van der Waals surface area contributed by atoms with E-state index in [2.05, 4.69) is 5.32 Å². The lowest BCUT2D eigenvalue weighted by atomic mass is 10.0. The molecule has 7 nitrogen and oxygen atoms in total. The minimum Gasteiger partial charge on any atom is -0.479 e. The highest BCUT2D eigenvalue weighted by molar-refractivity contribution is 5.82. The number of aliphatic hydroxyl groups is 1. The zero-order chi connectivity index (χ0) is 14.5. The molecule has 1 aliphatic heterocycles. The number of carbonyl (C=O) groups is 2. The fraction of sp³-hybridized carbons (Fsp3) is 0.833. The van der Waals surface area contributed by atoms with Crippen molar-refractivity contribution >= 4 is 11.9 Å². The molecule has 110 valence electrons. The average molecular weight is 275 g/mol. The lowest BCUT2D eigenvalue weighted by Gasteiger charge is -2.24. The summed E-state index contributed by atoms with van der Waals surface area (Å²) in [4.78, 5) is 22.5. The van der Waals surface area contributed by atoms with Gasteiger partial charge in [-0.15, -0.1) is 0 Å². The van der Waals surface area contributed by atoms with E-state index in [4.69, 9.17) is 14.6 Å². The normalized spacial score (nSPS) is 25.8. The van der Waals surface area contributed by atoms with Crippen molar-refractivity contribution in [3.05, 3.63) is 0 Å². The predicted octanol–water partition coefficient (Wildman–Crippen LogP) is -0.478. The Morgan fingerprint density at radius 2 is 2.05 bits per heavy atom. The minimum atomic E-state index is -1.06. The zero-order valence-electron chi connectivity index (χ0n) is 11.2. The van der Waals surface area contributed by atoms with Gasteiger partial charge in [-0.3, -0.25) is 4.79 Å². The van der Waals surface area contributed by atoms with Gasteiger partial charge in [-0.1, -0.05) is 0 Å². The number of carboxylic acids is 1. The molecule has 0 aliphatic carbocycles. The molecule has 7 heteroatoms. The third-order valence-electron chi connectivity index (χ3n) is 3.08. The molecule has 1 unspecified atom stereocenters. The SMILES string of the molecule is COCCC(C)(O)CNC(=O)[C@@H]1CC[C@H](C(=O)O)O1. The second kappa shape index (κ2) is 6.83. The number of carboxylic acid groups (broad SMARTS) is 1. The van der Waals surface area contributed by atoms with Gasteiger partial charge in [0.05, 0.1) is 5.60 Å². The smallest absolute Gasteiger partial charge is 0.332 e. The van der Waals surface area contributed by atoms with E-state index >= 15 is 0 Å². The highest BCUT2D eigenvalue weighted by Crippen LogP contribution is 2.20. The van der Waals surface area contributed by atoms with Gasteiger partial charge in [0.15, 0.2) is 6.10 Å². The lowest BCUT2D eigenvalue weighted by Crippen LogP contribution is -2.45. The van der Waals surface area contributed by atoms with Crippen molar-refractivity contribution in [1.29, 1.82) is 0 Å². The fourth-order valence-electron chi connectivity index (χ4n) is 1.81. The number of hydrogen-bond donors (Lipinski definition) is 3. The number of methoxy groups -OCH3 is 1. The molecule has 1 rings (SSSR count). The molecule has 1 aliphatic rings. The van der Waals surface area contributed by atoms with Gasteiger partial charge in [0.2, 0.25) is 5.91 Å². The molecule has 0 radical (unpaired) electrons. The minimum absolute atomic E-state index is 0.0762. The number of ether oxygens (including phenoxy) is 2. The van der Waals surface area contributed by atoms with E-state index in [0.29, 0.717) is 25.9 Å². The molecule has 0 aromatic rings. The second-order valence-electron chi connectivity index (χ2n) is 4.99. The van der Waals surface area contributed by atoms with E-state index in [1.165, 1.54) is 7.11 Å². The van der Waals surface area contributed by atoms with Gasteiger partial charge in [0.25, 0.3) is 0 Å². The summed E-state index contributed by atoms with van der Waals surface area (Å²) in [5.41, 5.74) is -1.06. The van der Waals surface area contributed by atoms with Gasteiger partial charge < -0.3 is 25.0 Å². The maximum absolute atomic E-state index is 11.8. The van der Waals surface area contributed by atoms with Crippen LogP contribution in [0.3, 0.4) is 0 Å². The van der Waals surface area contributed by atoms with Gasteiger partial charge in [-0.2, -0.15) is 0 Å². The van der Waals surface area contributed by atoms with E-state index < -0.39 is 23.8 Å². The molecular weight excluding hydrogens is 254 g/mol. The number of rotatable bonds is 7. The van der Waals surface area contributed by atoms with E-state index in [-0.39, 0.29) is 12.5 Å². The molecule has 1 saturated heterocycles. The van der Waals surface area contributed by atoms with Gasteiger partial charge in [0, 0.05) is 26.7 Å². The van der Waals surface area contributed by atoms with Crippen LogP contribution in [0.4, 0.5) is 0 Å². The Labute approximate surface area is 111 Å². The summed E-state index contributed by atoms with van der Waals surface area (Å²) in [5.74, 6) is -1.44. The summed E-state index contributed by atoms with van der Waals surface area (Å²) in [5, 5.41) is 21.3. The Morgan fingerprint density at radius 1 is 1.42 bits per heavy atom. The van der Waals surface area contributed by atoms with E-state index in [1.54, 1.807) is 6.92 Å². The van der Waals surface area contributed by atoms with Crippen LogP contribution in [-0.4, -0.2) is 60.2 Å². The third-order valence-corrected chi connectivity index (χ3v) is 3.08. The van der Waals surface area contributed by atoms with Crippen molar-refractivity contribution in [2.45, 2.75) is 44.0 Å². The zero-order valence-corrected chi connectivity index (χ0v) is 11.2. The van der Waals surface area contributed by atoms with E-state index in [0.717, 1.165) is 0 Å². The Bertz CT molecular complexity index is 330. The summed E-state index contributed by atoms with van der Waals surface area (Å²) in [6.07, 6.45) is -0.562. The predicted molar refractivity (Wildman–Crippen MR) is 65.7 cm³/mol. The Morgan fingerprint density at radius 3 is 2.58 bits per heavy atom. The first-order valence-corrected chi connectivity index (χ1v) is 6.23. The fourth-order valence-corrected chi connectivity index (χ4v) is 1.81. The molecule has 0 bridgehead atoms. The topological polar surface area (TPSA) is 105 Å². The lowest BCUT2D eigenvalue weighted by molar-refractivity contribution is -0.152. The van der Waals surface area contributed by atoms with E-state index in [9.17, 15) is 14.7 Å². The van der Waals surface area contributed by atoms with Crippen LogP contribution in [0.15, 0.2) is 0 Å². The Kier molecular flexibility index (Phi) is 5.71. The molecule has 1 amide bonds. The molecule has 1 heterocycles. The van der Waals surface area contributed by atoms with Crippen LogP contribution < -0.4 is 5.32 Å². The summed E-state index contributed by atoms with van der Waals surface area (Å²) in [6.45, 7) is 2.07. The second-order valence-corrected chi connectivity index (χ2v) is 4.99. The van der Waals surface area contributed by atoms with Crippen LogP contribution in [0.1, 0.15) is 26.2 Å². The monoisotopic (exact) mass is 275 g/mol. The molecule has 3 N–H and O–H groups in total. The number of aliphatic carboxylic acids is 1. The third kappa shape index (κ3) is 5.14. The number of amides is 1. The van der Waals surface area contributed by atoms with Crippen LogP contribution in [0, 0.1) is 0 Å². The van der Waals surface area contributed by atoms with Crippen LogP contribution in [0.25, 0.3) is 0 Å². The maximum Gasteiger partial charge on any atom is 0.332 e. The summed E-state index contributed by atoms with van der Waals surface area (Å²) in [7, 11) is 1.53. The summed E-state index contributed by atoms with van der Waals surface area (Å²) >= 11 is 0. The van der Waals surface area contributed by atoms with Gasteiger partial charge in [-0.05, 0) is 19.8 Å². The van der Waals surface area contributed by atoms with Gasteiger partial charge in [0.1, 0.15) is 6.10 Å². The quantitative estimate of drug-likeness (QED) is 0.579. The molecular formula is C12H21NO6. The first kappa shape index (κ1) is 15.9. The first-order valence-electron chi connectivity index (χ1n) is 6.23. The molecule has 0 spiro atoms. The van der Waals surface area contributed by atoms with Crippen molar-refractivity contribution in [3.63, 3.8) is 0 Å². The molecule has 0 aromatic heterocycles. The van der Waals surface area contributed by atoms with Crippen molar-refractivity contribution < 1.29 is 29.3 Å². The molecule has 0 saturated carbocycles. The van der Waals surface area contributed by atoms with Crippen LogP contribution >= 0.6 is 0 Å². The van der Waals surface area contributed by atoms with Gasteiger partial charge in [-0.25, -0.2) is 4.79 Å². The number of hydrogen-bond acceptors (Lipinski definition) is 5. The summed E-state index contributed by atoms with van der Waals surface area (Å²) in [6, 6.07) is 0. The van der Waals surface area contributed by atoms with Crippen LogP contribution in [-0.2, 0) is 19.1 Å². The van der Waals surface area contributed by atoms with Crippen molar-refractivity contribution in [1.82, 2.24) is 5.32 Å². The maximum atomic E-state index is 11.8. The van der Waals surface area contributed by atoms with Crippen molar-refractivity contribution in [2.24, 2.45) is 0 Å². The Hall–Kier alpha value is -1.18. The van der Waals surface area contributed by atoms with Crippen molar-refractivity contribution in [3.8, 4) is 0 Å². The van der Waals surface area contributed by atoms with Crippen LogP contribution in [0.2, 0.25) is 0 Å². The van der Waals surface area contributed by atoms with E-state index in [1.807, 2.05) is 0 Å². The number of nitrogens with one attached hydrogen (secondary N) is 1. The largest absolute Gasteiger partial charge is 0.479 e. The highest BCUT2D eigenvalue weighted by Gasteiger charge is 2.35. The number of carbonyl (C=O) groups excluding carboxylic acids is 1.